The molecule has 0 saturated carbocycles. The number of rotatable bonds is 3. The van der Waals surface area contributed by atoms with Crippen molar-refractivity contribution in [1.82, 2.24) is 0 Å². The summed E-state index contributed by atoms with van der Waals surface area (Å²) < 4.78 is 1.07. The van der Waals surface area contributed by atoms with Gasteiger partial charge in [-0.15, -0.1) is 0 Å². The molecule has 0 fully saturated rings. The maximum absolute atomic E-state index is 5.56. The summed E-state index contributed by atoms with van der Waals surface area (Å²) in [5, 5.41) is 0. The number of nitrogens with two attached hydrogens (primary N) is 1. The third kappa shape index (κ3) is 4.90. The van der Waals surface area contributed by atoms with Crippen LogP contribution in [0.5, 0.6) is 0 Å². The fourth-order valence-electron chi connectivity index (χ4n) is 0.259. The molecule has 0 aliphatic carbocycles. The zero-order valence-corrected chi connectivity index (χ0v) is 7.33. The molecule has 0 bridgehead atoms. The second-order valence-electron chi connectivity index (χ2n) is 1.37. The molecule has 0 aliphatic heterocycles. The van der Waals surface area contributed by atoms with Crippen LogP contribution in [0, 0.1) is 0 Å². The smallest absolute Gasteiger partial charge is 0.0221 e. The van der Waals surface area contributed by atoms with Crippen LogP contribution in [0.15, 0.2) is 0 Å². The minimum atomic E-state index is 0.399. The molecular formula is C4H10INS. The highest BCUT2D eigenvalue weighted by molar-refractivity contribution is 14.1. The zero-order valence-electron chi connectivity index (χ0n) is 4.36. The first-order valence-electron chi connectivity index (χ1n) is 2.11. The van der Waals surface area contributed by atoms with Gasteiger partial charge in [-0.1, -0.05) is 22.6 Å². The first-order valence-corrected chi connectivity index (χ1v) is 5.03. The van der Waals surface area contributed by atoms with Gasteiger partial charge in [0.25, 0.3) is 0 Å². The highest BCUT2D eigenvalue weighted by Crippen LogP contribution is 1.96. The van der Waals surface area contributed by atoms with E-state index in [1.54, 1.807) is 11.8 Å². The van der Waals surface area contributed by atoms with E-state index in [1.807, 2.05) is 0 Å². The van der Waals surface area contributed by atoms with Crippen LogP contribution in [0.4, 0.5) is 0 Å². The molecule has 1 nitrogen and oxygen atoms in total. The molecule has 0 radical (unpaired) electrons. The lowest BCUT2D eigenvalue weighted by Gasteiger charge is -2.01. The van der Waals surface area contributed by atoms with Gasteiger partial charge in [-0.2, -0.15) is 11.8 Å². The molecule has 0 aromatic rings. The lowest BCUT2D eigenvalue weighted by Crippen LogP contribution is -2.23. The maximum Gasteiger partial charge on any atom is 0.0221 e. The number of halogens is 1. The Morgan fingerprint density at radius 1 is 1.86 bits per heavy atom. The average Bonchev–Trinajstić information content (AvgIpc) is 1.68. The van der Waals surface area contributed by atoms with Gasteiger partial charge >= 0.3 is 0 Å². The van der Waals surface area contributed by atoms with Gasteiger partial charge < -0.3 is 5.73 Å². The van der Waals surface area contributed by atoms with Gasteiger partial charge in [-0.25, -0.2) is 0 Å². The van der Waals surface area contributed by atoms with Gasteiger partial charge in [0.2, 0.25) is 0 Å². The molecule has 1 atom stereocenters. The molecule has 7 heavy (non-hydrogen) atoms. The van der Waals surface area contributed by atoms with Gasteiger partial charge in [0.15, 0.2) is 0 Å². The Kier molecular flexibility index (Phi) is 5.95. The predicted octanol–water partition coefficient (Wildman–Crippen LogP) is 1.11. The summed E-state index contributed by atoms with van der Waals surface area (Å²) >= 11 is 4.10. The van der Waals surface area contributed by atoms with Crippen LogP contribution < -0.4 is 5.73 Å². The highest BCUT2D eigenvalue weighted by Gasteiger charge is 1.94. The van der Waals surface area contributed by atoms with Gasteiger partial charge in [-0.3, -0.25) is 0 Å². The molecule has 44 valence electrons. The molecule has 0 saturated heterocycles. The average molecular weight is 231 g/mol. The molecule has 1 unspecified atom stereocenters. The number of alkyl halides is 1. The molecule has 0 heterocycles. The van der Waals surface area contributed by atoms with Gasteiger partial charge in [-0.05, 0) is 6.26 Å². The molecule has 0 amide bonds. The van der Waals surface area contributed by atoms with Gasteiger partial charge in [0, 0.05) is 16.2 Å². The van der Waals surface area contributed by atoms with E-state index in [1.165, 1.54) is 0 Å². The summed E-state index contributed by atoms with van der Waals surface area (Å²) in [7, 11) is 0. The van der Waals surface area contributed by atoms with Crippen LogP contribution >= 0.6 is 34.4 Å². The molecule has 0 aromatic carbocycles. The quantitative estimate of drug-likeness (QED) is 0.581. The minimum absolute atomic E-state index is 0.399. The zero-order chi connectivity index (χ0) is 5.70. The summed E-state index contributed by atoms with van der Waals surface area (Å²) in [5.41, 5.74) is 5.56. The number of thioether (sulfide) groups is 1. The van der Waals surface area contributed by atoms with Crippen molar-refractivity contribution in [3.63, 3.8) is 0 Å². The second-order valence-corrected chi connectivity index (χ2v) is 3.16. The predicted molar refractivity (Wildman–Crippen MR) is 45.2 cm³/mol. The monoisotopic (exact) mass is 231 g/mol. The molecule has 0 aliphatic rings. The van der Waals surface area contributed by atoms with Gasteiger partial charge in [0.05, 0.1) is 0 Å². The largest absolute Gasteiger partial charge is 0.326 e. The summed E-state index contributed by atoms with van der Waals surface area (Å²) in [4.78, 5) is 0. The normalized spacial score (nSPS) is 14.1. The van der Waals surface area contributed by atoms with E-state index < -0.39 is 0 Å². The first-order chi connectivity index (χ1) is 3.31. The van der Waals surface area contributed by atoms with E-state index in [-0.39, 0.29) is 0 Å². The number of hydrogen-bond donors (Lipinski definition) is 1. The van der Waals surface area contributed by atoms with Crippen molar-refractivity contribution in [3.05, 3.63) is 0 Å². The second kappa shape index (κ2) is 5.18. The van der Waals surface area contributed by atoms with Crippen molar-refractivity contribution >= 4 is 34.4 Å². The van der Waals surface area contributed by atoms with E-state index in [4.69, 9.17) is 5.73 Å². The van der Waals surface area contributed by atoms with Crippen LogP contribution in [0.25, 0.3) is 0 Å². The summed E-state index contributed by atoms with van der Waals surface area (Å²) in [6.45, 7) is 0. The Bertz CT molecular complexity index is 42.7. The van der Waals surface area contributed by atoms with Crippen molar-refractivity contribution in [2.45, 2.75) is 6.04 Å². The Balaban J connectivity index is 2.83. The fourth-order valence-corrected chi connectivity index (χ4v) is 1.54. The minimum Gasteiger partial charge on any atom is -0.326 e. The van der Waals surface area contributed by atoms with Crippen molar-refractivity contribution in [3.8, 4) is 0 Å². The van der Waals surface area contributed by atoms with E-state index in [9.17, 15) is 0 Å². The van der Waals surface area contributed by atoms with Crippen LogP contribution in [-0.2, 0) is 0 Å². The Labute approximate surface area is 62.6 Å². The first kappa shape index (κ1) is 8.04. The Morgan fingerprint density at radius 2 is 2.43 bits per heavy atom. The molecule has 0 rings (SSSR count). The van der Waals surface area contributed by atoms with E-state index in [0.29, 0.717) is 6.04 Å². The summed E-state index contributed by atoms with van der Waals surface area (Å²) in [6.07, 6.45) is 2.08. The fraction of sp³-hybridized carbons (Fsp3) is 1.00. The SMILES string of the molecule is CSCC(N)CI. The summed E-state index contributed by atoms with van der Waals surface area (Å²) in [5.74, 6) is 1.09. The van der Waals surface area contributed by atoms with Crippen molar-refractivity contribution in [2.75, 3.05) is 16.4 Å². The van der Waals surface area contributed by atoms with Crippen LogP contribution in [0.2, 0.25) is 0 Å². The molecule has 0 spiro atoms. The topological polar surface area (TPSA) is 26.0 Å². The number of hydrogen-bond acceptors (Lipinski definition) is 2. The standard InChI is InChI=1S/C4H10INS/c1-7-3-4(6)2-5/h4H,2-3,6H2,1H3. The van der Waals surface area contributed by atoms with E-state index >= 15 is 0 Å². The van der Waals surface area contributed by atoms with Gasteiger partial charge in [0.1, 0.15) is 0 Å². The van der Waals surface area contributed by atoms with Crippen LogP contribution in [0.3, 0.4) is 0 Å². The van der Waals surface area contributed by atoms with E-state index in [0.717, 1.165) is 10.2 Å². The van der Waals surface area contributed by atoms with Crippen molar-refractivity contribution < 1.29 is 0 Å². The Morgan fingerprint density at radius 3 is 2.57 bits per heavy atom. The lowest BCUT2D eigenvalue weighted by molar-refractivity contribution is 0.875. The van der Waals surface area contributed by atoms with Crippen molar-refractivity contribution in [1.29, 1.82) is 0 Å². The third-order valence-electron chi connectivity index (χ3n) is 0.579. The maximum atomic E-state index is 5.56. The third-order valence-corrected chi connectivity index (χ3v) is 2.47. The van der Waals surface area contributed by atoms with Crippen molar-refractivity contribution in [2.24, 2.45) is 5.73 Å². The van der Waals surface area contributed by atoms with Crippen LogP contribution in [-0.4, -0.2) is 22.5 Å². The van der Waals surface area contributed by atoms with E-state index in [2.05, 4.69) is 28.8 Å². The Hall–Kier alpha value is 1.04. The molecule has 0 aromatic heterocycles. The molecular weight excluding hydrogens is 221 g/mol. The molecule has 2 N–H and O–H groups in total. The highest BCUT2D eigenvalue weighted by atomic mass is 127. The lowest BCUT2D eigenvalue weighted by atomic mass is 10.4. The molecule has 3 heteroatoms. The summed E-state index contributed by atoms with van der Waals surface area (Å²) in [6, 6.07) is 0.399. The van der Waals surface area contributed by atoms with Crippen LogP contribution in [0.1, 0.15) is 0 Å².